The minimum absolute atomic E-state index is 0.348. The highest BCUT2D eigenvalue weighted by atomic mass is 32.1. The fraction of sp³-hybridized carbons (Fsp3) is 0.250. The smallest absolute Gasteiger partial charge is 0.141 e. The monoisotopic (exact) mass is 298 g/mol. The van der Waals surface area contributed by atoms with Gasteiger partial charge in [-0.25, -0.2) is 9.97 Å². The molecule has 0 aliphatic heterocycles. The molecule has 108 valence electrons. The summed E-state index contributed by atoms with van der Waals surface area (Å²) < 4.78 is 0. The topological polar surface area (TPSA) is 55.0 Å². The van der Waals surface area contributed by atoms with E-state index in [2.05, 4.69) is 52.3 Å². The molecule has 3 aromatic rings. The number of hydrogen-bond acceptors (Lipinski definition) is 5. The molecular weight excluding hydrogens is 280 g/mol. The summed E-state index contributed by atoms with van der Waals surface area (Å²) >= 11 is 1.64. The third kappa shape index (κ3) is 2.83. The van der Waals surface area contributed by atoms with Crippen molar-refractivity contribution >= 4 is 33.1 Å². The van der Waals surface area contributed by atoms with Crippen molar-refractivity contribution in [1.82, 2.24) is 9.97 Å². The summed E-state index contributed by atoms with van der Waals surface area (Å²) in [6, 6.07) is 10.4. The lowest BCUT2D eigenvalue weighted by molar-refractivity contribution is 0.675. The molecule has 0 saturated carbocycles. The van der Waals surface area contributed by atoms with Crippen LogP contribution in [0, 0.1) is 0 Å². The van der Waals surface area contributed by atoms with Gasteiger partial charge in [0.15, 0.2) is 0 Å². The zero-order chi connectivity index (χ0) is 14.8. The van der Waals surface area contributed by atoms with Gasteiger partial charge in [-0.1, -0.05) is 12.1 Å². The van der Waals surface area contributed by atoms with Crippen molar-refractivity contribution in [3.63, 3.8) is 0 Å². The van der Waals surface area contributed by atoms with Crippen molar-refractivity contribution < 1.29 is 0 Å². The van der Waals surface area contributed by atoms with Gasteiger partial charge in [-0.05, 0) is 43.0 Å². The highest BCUT2D eigenvalue weighted by Gasteiger charge is 2.16. The number of benzene rings is 1. The van der Waals surface area contributed by atoms with Crippen molar-refractivity contribution in [3.05, 3.63) is 47.6 Å². The van der Waals surface area contributed by atoms with Crippen molar-refractivity contribution in [2.45, 2.75) is 26.4 Å². The third-order valence-corrected chi connectivity index (χ3v) is 4.29. The number of anilines is 2. The van der Waals surface area contributed by atoms with Crippen LogP contribution in [0.4, 0.5) is 11.5 Å². The van der Waals surface area contributed by atoms with Crippen LogP contribution >= 0.6 is 11.3 Å². The van der Waals surface area contributed by atoms with Crippen LogP contribution < -0.4 is 10.6 Å². The Morgan fingerprint density at radius 2 is 1.90 bits per heavy atom. The van der Waals surface area contributed by atoms with E-state index in [-0.39, 0.29) is 0 Å². The first-order valence-corrected chi connectivity index (χ1v) is 7.82. The Balaban J connectivity index is 1.98. The van der Waals surface area contributed by atoms with Gasteiger partial charge in [0.2, 0.25) is 0 Å². The molecule has 21 heavy (non-hydrogen) atoms. The second-order valence-electron chi connectivity index (χ2n) is 5.30. The van der Waals surface area contributed by atoms with Gasteiger partial charge in [-0.15, -0.1) is 11.3 Å². The summed E-state index contributed by atoms with van der Waals surface area (Å²) in [6.45, 7) is 5.16. The van der Waals surface area contributed by atoms with Crippen LogP contribution in [0.2, 0.25) is 0 Å². The molecule has 0 amide bonds. The van der Waals surface area contributed by atoms with E-state index in [0.717, 1.165) is 28.3 Å². The van der Waals surface area contributed by atoms with Gasteiger partial charge < -0.3 is 10.6 Å². The van der Waals surface area contributed by atoms with Gasteiger partial charge in [-0.3, -0.25) is 0 Å². The molecule has 0 radical (unpaired) electrons. The molecule has 4 nitrogen and oxygen atoms in total. The molecule has 0 unspecified atom stereocenters. The maximum atomic E-state index is 5.76. The summed E-state index contributed by atoms with van der Waals surface area (Å²) in [5, 5.41) is 3.18. The highest BCUT2D eigenvalue weighted by Crippen LogP contribution is 2.29. The van der Waals surface area contributed by atoms with E-state index in [1.807, 2.05) is 12.1 Å². The molecule has 1 aromatic carbocycles. The average Bonchev–Trinajstić information content (AvgIpc) is 2.95. The molecule has 0 atom stereocenters. The molecule has 2 N–H and O–H groups in total. The van der Waals surface area contributed by atoms with E-state index in [1.165, 1.54) is 5.56 Å². The molecule has 5 heteroatoms. The van der Waals surface area contributed by atoms with Crippen LogP contribution in [0.25, 0.3) is 10.2 Å². The molecule has 0 saturated heterocycles. The van der Waals surface area contributed by atoms with Gasteiger partial charge >= 0.3 is 0 Å². The Hall–Kier alpha value is -2.14. The maximum Gasteiger partial charge on any atom is 0.141 e. The van der Waals surface area contributed by atoms with E-state index >= 15 is 0 Å². The van der Waals surface area contributed by atoms with Crippen molar-refractivity contribution in [2.75, 3.05) is 10.6 Å². The summed E-state index contributed by atoms with van der Waals surface area (Å²) in [7, 11) is 0. The van der Waals surface area contributed by atoms with E-state index in [0.29, 0.717) is 6.04 Å². The second kappa shape index (κ2) is 5.69. The number of fused-ring (bicyclic) bond motifs is 1. The Labute approximate surface area is 128 Å². The minimum Gasteiger partial charge on any atom is -0.399 e. The molecule has 2 aromatic heterocycles. The van der Waals surface area contributed by atoms with Gasteiger partial charge in [0.25, 0.3) is 0 Å². The predicted molar refractivity (Wildman–Crippen MR) is 89.6 cm³/mol. The van der Waals surface area contributed by atoms with Gasteiger partial charge in [0.05, 0.1) is 5.39 Å². The van der Waals surface area contributed by atoms with Crippen LogP contribution in [0.3, 0.4) is 0 Å². The first-order chi connectivity index (χ1) is 10.1. The SMILES string of the molecule is CC(C)N(Cc1ccc(N)cc1)c1ncnc2sccc12. The summed E-state index contributed by atoms with van der Waals surface area (Å²) in [4.78, 5) is 12.2. The molecule has 3 rings (SSSR count). The third-order valence-electron chi connectivity index (χ3n) is 3.47. The Morgan fingerprint density at radius 3 is 2.62 bits per heavy atom. The summed E-state index contributed by atoms with van der Waals surface area (Å²) in [5.41, 5.74) is 7.77. The fourth-order valence-electron chi connectivity index (χ4n) is 2.33. The Morgan fingerprint density at radius 1 is 1.14 bits per heavy atom. The molecule has 0 aliphatic rings. The average molecular weight is 298 g/mol. The van der Waals surface area contributed by atoms with Crippen LogP contribution in [0.15, 0.2) is 42.0 Å². The zero-order valence-electron chi connectivity index (χ0n) is 12.2. The maximum absolute atomic E-state index is 5.76. The minimum atomic E-state index is 0.348. The molecule has 0 fully saturated rings. The van der Waals surface area contributed by atoms with E-state index < -0.39 is 0 Å². The van der Waals surface area contributed by atoms with Crippen LogP contribution in [-0.4, -0.2) is 16.0 Å². The largest absolute Gasteiger partial charge is 0.399 e. The van der Waals surface area contributed by atoms with E-state index in [1.54, 1.807) is 17.7 Å². The van der Waals surface area contributed by atoms with Gasteiger partial charge in [0, 0.05) is 18.3 Å². The van der Waals surface area contributed by atoms with Gasteiger partial charge in [-0.2, -0.15) is 0 Å². The lowest BCUT2D eigenvalue weighted by Gasteiger charge is -2.28. The molecule has 0 bridgehead atoms. The Kier molecular flexibility index (Phi) is 3.75. The van der Waals surface area contributed by atoms with Crippen molar-refractivity contribution in [1.29, 1.82) is 0 Å². The number of thiophene rings is 1. The number of nitrogens with zero attached hydrogens (tertiary/aromatic N) is 3. The van der Waals surface area contributed by atoms with Crippen molar-refractivity contribution in [2.24, 2.45) is 0 Å². The molecule has 0 spiro atoms. The predicted octanol–water partition coefficient (Wildman–Crippen LogP) is 3.69. The number of aromatic nitrogens is 2. The number of hydrogen-bond donors (Lipinski definition) is 1. The van der Waals surface area contributed by atoms with Crippen LogP contribution in [0.1, 0.15) is 19.4 Å². The second-order valence-corrected chi connectivity index (χ2v) is 6.19. The fourth-order valence-corrected chi connectivity index (χ4v) is 3.05. The van der Waals surface area contributed by atoms with E-state index in [4.69, 9.17) is 5.73 Å². The number of nitrogens with two attached hydrogens (primary N) is 1. The first kappa shape index (κ1) is 13.8. The normalized spacial score (nSPS) is 11.2. The summed E-state index contributed by atoms with van der Waals surface area (Å²) in [5.74, 6) is 0.994. The molecular formula is C16H18N4S. The lowest BCUT2D eigenvalue weighted by Crippen LogP contribution is -2.31. The van der Waals surface area contributed by atoms with Crippen molar-refractivity contribution in [3.8, 4) is 0 Å². The van der Waals surface area contributed by atoms with Crippen LogP contribution in [-0.2, 0) is 6.54 Å². The number of rotatable bonds is 4. The zero-order valence-corrected chi connectivity index (χ0v) is 13.0. The first-order valence-electron chi connectivity index (χ1n) is 6.94. The van der Waals surface area contributed by atoms with E-state index in [9.17, 15) is 0 Å². The highest BCUT2D eigenvalue weighted by molar-refractivity contribution is 7.16. The Bertz CT molecular complexity index is 733. The number of nitrogen functional groups attached to an aromatic ring is 1. The lowest BCUT2D eigenvalue weighted by atomic mass is 10.1. The van der Waals surface area contributed by atoms with Gasteiger partial charge in [0.1, 0.15) is 17.0 Å². The quantitative estimate of drug-likeness (QED) is 0.746. The molecule has 2 heterocycles. The summed E-state index contributed by atoms with van der Waals surface area (Å²) in [6.07, 6.45) is 1.65. The molecule has 0 aliphatic carbocycles. The standard InChI is InChI=1S/C16H18N4S/c1-11(2)20(9-12-3-5-13(17)6-4-12)15-14-7-8-21-16(14)19-10-18-15/h3-8,10-11H,9,17H2,1-2H3. The van der Waals surface area contributed by atoms with Crippen LogP contribution in [0.5, 0.6) is 0 Å².